The quantitative estimate of drug-likeness (QED) is 0.834. The molecule has 6 heteroatoms. The van der Waals surface area contributed by atoms with Gasteiger partial charge in [0.05, 0.1) is 24.3 Å². The first kappa shape index (κ1) is 16.4. The lowest BCUT2D eigenvalue weighted by Crippen LogP contribution is -2.45. The Morgan fingerprint density at radius 2 is 2.36 bits per heavy atom. The van der Waals surface area contributed by atoms with Gasteiger partial charge in [-0.25, -0.2) is 4.39 Å². The number of halogens is 1. The molecule has 1 aromatic rings. The van der Waals surface area contributed by atoms with Crippen molar-refractivity contribution in [1.82, 2.24) is 4.90 Å². The summed E-state index contributed by atoms with van der Waals surface area (Å²) in [5.74, 6) is -0.865. The number of nitrogens with zero attached hydrogens (tertiary/aromatic N) is 2. The smallest absolute Gasteiger partial charge is 0.254 e. The highest BCUT2D eigenvalue weighted by Gasteiger charge is 2.33. The van der Waals surface area contributed by atoms with Crippen LogP contribution in [-0.4, -0.2) is 49.8 Å². The molecule has 2 atom stereocenters. The van der Waals surface area contributed by atoms with Gasteiger partial charge in [0.1, 0.15) is 11.9 Å². The van der Waals surface area contributed by atoms with Gasteiger partial charge in [-0.05, 0) is 31.5 Å². The van der Waals surface area contributed by atoms with Crippen LogP contribution in [0.25, 0.3) is 0 Å². The SMILES string of the molecule is COCCN(C(=O)c1ccc(F)c(C#N)c1)[C@@H]1CCO[C@H]1C. The van der Waals surface area contributed by atoms with Crippen LogP contribution in [0.3, 0.4) is 0 Å². The normalized spacial score (nSPS) is 20.6. The summed E-state index contributed by atoms with van der Waals surface area (Å²) in [5, 5.41) is 8.90. The van der Waals surface area contributed by atoms with E-state index < -0.39 is 5.82 Å². The summed E-state index contributed by atoms with van der Waals surface area (Å²) < 4.78 is 24.0. The first-order chi connectivity index (χ1) is 10.6. The van der Waals surface area contributed by atoms with E-state index in [1.807, 2.05) is 6.92 Å². The fourth-order valence-electron chi connectivity index (χ4n) is 2.65. The minimum atomic E-state index is -0.625. The highest BCUT2D eigenvalue weighted by atomic mass is 19.1. The van der Waals surface area contributed by atoms with Crippen molar-refractivity contribution in [3.63, 3.8) is 0 Å². The summed E-state index contributed by atoms with van der Waals surface area (Å²) >= 11 is 0. The van der Waals surface area contributed by atoms with Crippen molar-refractivity contribution in [2.45, 2.75) is 25.5 Å². The van der Waals surface area contributed by atoms with E-state index in [1.54, 1.807) is 18.1 Å². The molecule has 0 aromatic heterocycles. The topological polar surface area (TPSA) is 62.6 Å². The molecule has 0 unspecified atom stereocenters. The van der Waals surface area contributed by atoms with E-state index >= 15 is 0 Å². The summed E-state index contributed by atoms with van der Waals surface area (Å²) in [4.78, 5) is 14.4. The second kappa shape index (κ2) is 7.34. The molecular formula is C16H19FN2O3. The third-order valence-electron chi connectivity index (χ3n) is 3.87. The van der Waals surface area contributed by atoms with Crippen LogP contribution in [0.2, 0.25) is 0 Å². The van der Waals surface area contributed by atoms with Crippen LogP contribution in [0.4, 0.5) is 4.39 Å². The maximum atomic E-state index is 13.4. The fourth-order valence-corrected chi connectivity index (χ4v) is 2.65. The number of ether oxygens (including phenoxy) is 2. The summed E-state index contributed by atoms with van der Waals surface area (Å²) in [7, 11) is 1.57. The first-order valence-electron chi connectivity index (χ1n) is 7.19. The number of hydrogen-bond acceptors (Lipinski definition) is 4. The molecule has 1 heterocycles. The van der Waals surface area contributed by atoms with Gasteiger partial charge < -0.3 is 14.4 Å². The third kappa shape index (κ3) is 3.43. The molecular weight excluding hydrogens is 287 g/mol. The van der Waals surface area contributed by atoms with Crippen LogP contribution in [-0.2, 0) is 9.47 Å². The molecule has 1 saturated heterocycles. The highest BCUT2D eigenvalue weighted by molar-refractivity contribution is 5.94. The van der Waals surface area contributed by atoms with E-state index in [-0.39, 0.29) is 23.6 Å². The molecule has 22 heavy (non-hydrogen) atoms. The van der Waals surface area contributed by atoms with Crippen LogP contribution < -0.4 is 0 Å². The first-order valence-corrected chi connectivity index (χ1v) is 7.19. The van der Waals surface area contributed by atoms with Gasteiger partial charge >= 0.3 is 0 Å². The number of amides is 1. The van der Waals surface area contributed by atoms with Crippen LogP contribution in [0.1, 0.15) is 29.3 Å². The molecule has 0 bridgehead atoms. The Hall–Kier alpha value is -1.97. The molecule has 118 valence electrons. The number of benzene rings is 1. The average molecular weight is 306 g/mol. The van der Waals surface area contributed by atoms with Crippen molar-refractivity contribution in [1.29, 1.82) is 5.26 Å². The van der Waals surface area contributed by atoms with Crippen LogP contribution in [0.5, 0.6) is 0 Å². The molecule has 1 amide bonds. The van der Waals surface area contributed by atoms with Gasteiger partial charge in [0.25, 0.3) is 5.91 Å². The number of carbonyl (C=O) groups is 1. The molecule has 1 aromatic carbocycles. The Morgan fingerprint density at radius 1 is 1.59 bits per heavy atom. The minimum absolute atomic E-state index is 0.0433. The van der Waals surface area contributed by atoms with Gasteiger partial charge in [0.15, 0.2) is 0 Å². The second-order valence-corrected chi connectivity index (χ2v) is 5.23. The predicted molar refractivity (Wildman–Crippen MR) is 77.8 cm³/mol. The van der Waals surface area contributed by atoms with E-state index in [4.69, 9.17) is 14.7 Å². The number of hydrogen-bond donors (Lipinski definition) is 0. The molecule has 0 spiro atoms. The molecule has 1 aliphatic rings. The summed E-state index contributed by atoms with van der Waals surface area (Å²) in [5.41, 5.74) is 0.168. The zero-order chi connectivity index (χ0) is 16.1. The summed E-state index contributed by atoms with van der Waals surface area (Å²) in [6, 6.07) is 5.55. The summed E-state index contributed by atoms with van der Waals surface area (Å²) in [6.07, 6.45) is 0.694. The van der Waals surface area contributed by atoms with E-state index in [2.05, 4.69) is 0 Å². The van der Waals surface area contributed by atoms with E-state index in [1.165, 1.54) is 12.1 Å². The monoisotopic (exact) mass is 306 g/mol. The molecule has 0 saturated carbocycles. The van der Waals surface area contributed by atoms with Crippen molar-refractivity contribution < 1.29 is 18.7 Å². The Morgan fingerprint density at radius 3 is 2.95 bits per heavy atom. The van der Waals surface area contributed by atoms with E-state index in [0.29, 0.717) is 25.3 Å². The lowest BCUT2D eigenvalue weighted by molar-refractivity contribution is 0.0425. The van der Waals surface area contributed by atoms with Crippen LogP contribution in [0.15, 0.2) is 18.2 Å². The van der Waals surface area contributed by atoms with Crippen molar-refractivity contribution in [3.05, 3.63) is 35.1 Å². The lowest BCUT2D eigenvalue weighted by atomic mass is 10.1. The molecule has 1 aliphatic heterocycles. The zero-order valence-corrected chi connectivity index (χ0v) is 12.7. The molecule has 0 N–H and O–H groups in total. The molecule has 2 rings (SSSR count). The largest absolute Gasteiger partial charge is 0.383 e. The van der Waals surface area contributed by atoms with Gasteiger partial charge in [-0.15, -0.1) is 0 Å². The molecule has 0 radical (unpaired) electrons. The Labute approximate surface area is 129 Å². The van der Waals surface area contributed by atoms with Crippen molar-refractivity contribution in [3.8, 4) is 6.07 Å². The van der Waals surface area contributed by atoms with Crippen LogP contribution >= 0.6 is 0 Å². The third-order valence-corrected chi connectivity index (χ3v) is 3.87. The maximum absolute atomic E-state index is 13.4. The summed E-state index contributed by atoms with van der Waals surface area (Å²) in [6.45, 7) is 3.36. The van der Waals surface area contributed by atoms with Crippen LogP contribution in [0, 0.1) is 17.1 Å². The molecule has 0 aliphatic carbocycles. The number of carbonyl (C=O) groups excluding carboxylic acids is 1. The fraction of sp³-hybridized carbons (Fsp3) is 0.500. The second-order valence-electron chi connectivity index (χ2n) is 5.23. The van der Waals surface area contributed by atoms with Crippen molar-refractivity contribution in [2.24, 2.45) is 0 Å². The van der Waals surface area contributed by atoms with Gasteiger partial charge in [0.2, 0.25) is 0 Å². The van der Waals surface area contributed by atoms with Gasteiger partial charge in [0, 0.05) is 25.8 Å². The molecule has 5 nitrogen and oxygen atoms in total. The highest BCUT2D eigenvalue weighted by Crippen LogP contribution is 2.22. The van der Waals surface area contributed by atoms with E-state index in [9.17, 15) is 9.18 Å². The van der Waals surface area contributed by atoms with Crippen molar-refractivity contribution in [2.75, 3.05) is 26.9 Å². The maximum Gasteiger partial charge on any atom is 0.254 e. The Balaban J connectivity index is 2.26. The van der Waals surface area contributed by atoms with Gasteiger partial charge in [-0.2, -0.15) is 5.26 Å². The Kier molecular flexibility index (Phi) is 5.47. The predicted octanol–water partition coefficient (Wildman–Crippen LogP) is 1.96. The minimum Gasteiger partial charge on any atom is -0.383 e. The average Bonchev–Trinajstić information content (AvgIpc) is 2.94. The van der Waals surface area contributed by atoms with Crippen molar-refractivity contribution >= 4 is 5.91 Å². The van der Waals surface area contributed by atoms with E-state index in [0.717, 1.165) is 12.5 Å². The zero-order valence-electron chi connectivity index (χ0n) is 12.7. The lowest BCUT2D eigenvalue weighted by Gasteiger charge is -2.30. The number of rotatable bonds is 5. The number of nitriles is 1. The van der Waals surface area contributed by atoms with Gasteiger partial charge in [-0.1, -0.05) is 0 Å². The number of methoxy groups -OCH3 is 1. The molecule has 1 fully saturated rings. The standard InChI is InChI=1S/C16H19FN2O3/c1-11-15(5-7-22-11)19(6-8-21-2)16(20)12-3-4-14(17)13(9-12)10-18/h3-4,9,11,15H,5-8H2,1-2H3/t11-,15+/m0/s1. The Bertz CT molecular complexity index is 585. The van der Waals surface area contributed by atoms with Gasteiger partial charge in [-0.3, -0.25) is 4.79 Å².